The Kier molecular flexibility index (Phi) is 4.90. The van der Waals surface area contributed by atoms with Crippen LogP contribution in [0, 0.1) is 0 Å². The van der Waals surface area contributed by atoms with Crippen molar-refractivity contribution in [2.45, 2.75) is 4.33 Å². The minimum atomic E-state index is -1.64. The van der Waals surface area contributed by atoms with Crippen LogP contribution < -0.4 is 0 Å². The van der Waals surface area contributed by atoms with Crippen LogP contribution in [0.5, 0.6) is 0 Å². The second kappa shape index (κ2) is 5.04. The molecule has 0 aromatic rings. The molecule has 0 spiro atoms. The van der Waals surface area contributed by atoms with E-state index >= 15 is 0 Å². The summed E-state index contributed by atoms with van der Waals surface area (Å²) >= 11 is 46.0. The van der Waals surface area contributed by atoms with Gasteiger partial charge in [0.2, 0.25) is 0 Å². The summed E-state index contributed by atoms with van der Waals surface area (Å²) in [5.41, 5.74) is 0.0733. The van der Waals surface area contributed by atoms with Gasteiger partial charge >= 0.3 is 0 Å². The molecule has 0 bridgehead atoms. The van der Waals surface area contributed by atoms with Gasteiger partial charge in [0, 0.05) is 5.57 Å². The molecular formula is C7Cl8. The third kappa shape index (κ3) is 2.53. The predicted octanol–water partition coefficient (Wildman–Crippen LogP) is 6.24. The Balaban J connectivity index is 3.43. The average molecular weight is 368 g/mol. The van der Waals surface area contributed by atoms with E-state index in [9.17, 15) is 0 Å². The lowest BCUT2D eigenvalue weighted by Crippen LogP contribution is -2.14. The Morgan fingerprint density at radius 2 is 1.33 bits per heavy atom. The number of rotatable bonds is 1. The van der Waals surface area contributed by atoms with Gasteiger partial charge in [0.05, 0.1) is 20.1 Å². The maximum atomic E-state index is 5.93. The first kappa shape index (κ1) is 14.6. The molecule has 0 nitrogen and oxygen atoms in total. The lowest BCUT2D eigenvalue weighted by molar-refractivity contribution is 1.18. The minimum absolute atomic E-state index is 0.0195. The Morgan fingerprint density at radius 1 is 0.867 bits per heavy atom. The van der Waals surface area contributed by atoms with Gasteiger partial charge in [-0.15, -0.1) is 0 Å². The number of halogens is 8. The van der Waals surface area contributed by atoms with E-state index in [4.69, 9.17) is 92.8 Å². The molecule has 0 saturated carbocycles. The van der Waals surface area contributed by atoms with Crippen molar-refractivity contribution in [3.05, 3.63) is 30.2 Å². The zero-order valence-electron chi connectivity index (χ0n) is 6.52. The van der Waals surface area contributed by atoms with Gasteiger partial charge in [0.15, 0.2) is 4.33 Å². The van der Waals surface area contributed by atoms with Gasteiger partial charge < -0.3 is 0 Å². The summed E-state index contributed by atoms with van der Waals surface area (Å²) in [6.07, 6.45) is 0. The van der Waals surface area contributed by atoms with E-state index in [1.807, 2.05) is 0 Å². The molecule has 0 radical (unpaired) electrons. The quantitative estimate of drug-likeness (QED) is 0.481. The predicted molar refractivity (Wildman–Crippen MR) is 70.6 cm³/mol. The lowest BCUT2D eigenvalue weighted by Gasteiger charge is -2.17. The molecule has 1 aliphatic carbocycles. The summed E-state index contributed by atoms with van der Waals surface area (Å²) in [6.45, 7) is 0. The van der Waals surface area contributed by atoms with E-state index in [0.29, 0.717) is 0 Å². The Hall–Kier alpha value is 1.54. The molecule has 0 heterocycles. The van der Waals surface area contributed by atoms with Crippen LogP contribution in [0.1, 0.15) is 0 Å². The second-order valence-corrected chi connectivity index (χ2v) is 6.25. The molecule has 1 aliphatic rings. The summed E-state index contributed by atoms with van der Waals surface area (Å²) in [4.78, 5) is 0. The van der Waals surface area contributed by atoms with Crippen LogP contribution in [0.2, 0.25) is 0 Å². The van der Waals surface area contributed by atoms with E-state index in [0.717, 1.165) is 0 Å². The van der Waals surface area contributed by atoms with Crippen molar-refractivity contribution in [3.63, 3.8) is 0 Å². The third-order valence-corrected chi connectivity index (χ3v) is 4.90. The second-order valence-electron chi connectivity index (χ2n) is 2.47. The van der Waals surface area contributed by atoms with Crippen molar-refractivity contribution in [2.75, 3.05) is 0 Å². The van der Waals surface area contributed by atoms with Gasteiger partial charge in [-0.1, -0.05) is 92.8 Å². The Labute approximate surface area is 126 Å². The largest absolute Gasteiger partial charge is 0.183 e. The van der Waals surface area contributed by atoms with Crippen LogP contribution in [-0.4, -0.2) is 4.33 Å². The van der Waals surface area contributed by atoms with Gasteiger partial charge in [-0.2, -0.15) is 0 Å². The van der Waals surface area contributed by atoms with Gasteiger partial charge in [-0.3, -0.25) is 0 Å². The van der Waals surface area contributed by atoms with Crippen LogP contribution >= 0.6 is 92.8 Å². The number of allylic oxidation sites excluding steroid dienone is 5. The highest BCUT2D eigenvalue weighted by molar-refractivity contribution is 6.66. The maximum absolute atomic E-state index is 5.93. The molecule has 0 aliphatic heterocycles. The lowest BCUT2D eigenvalue weighted by atomic mass is 10.2. The van der Waals surface area contributed by atoms with Crippen LogP contribution in [0.15, 0.2) is 30.2 Å². The fourth-order valence-electron chi connectivity index (χ4n) is 0.920. The maximum Gasteiger partial charge on any atom is 0.183 e. The van der Waals surface area contributed by atoms with Crippen molar-refractivity contribution in [1.29, 1.82) is 0 Å². The smallest absolute Gasteiger partial charge is 0.0897 e. The van der Waals surface area contributed by atoms with Crippen LogP contribution in [0.3, 0.4) is 0 Å². The third-order valence-electron chi connectivity index (χ3n) is 1.58. The van der Waals surface area contributed by atoms with E-state index in [-0.39, 0.29) is 30.2 Å². The fourth-order valence-corrected chi connectivity index (χ4v) is 3.06. The zero-order chi connectivity index (χ0) is 12.0. The van der Waals surface area contributed by atoms with Crippen LogP contribution in [0.4, 0.5) is 0 Å². The van der Waals surface area contributed by atoms with Gasteiger partial charge in [-0.05, 0) is 0 Å². The molecule has 1 rings (SSSR count). The Bertz CT molecular complexity index is 395. The van der Waals surface area contributed by atoms with Crippen molar-refractivity contribution >= 4 is 92.8 Å². The van der Waals surface area contributed by atoms with Gasteiger partial charge in [0.1, 0.15) is 4.49 Å². The monoisotopic (exact) mass is 364 g/mol. The molecule has 0 aromatic carbocycles. The highest BCUT2D eigenvalue weighted by atomic mass is 35.5. The summed E-state index contributed by atoms with van der Waals surface area (Å²) in [6, 6.07) is 0. The summed E-state index contributed by atoms with van der Waals surface area (Å²) in [5, 5.41) is -0.0936. The molecule has 0 aromatic heterocycles. The van der Waals surface area contributed by atoms with E-state index in [1.165, 1.54) is 0 Å². The molecule has 84 valence electrons. The average Bonchev–Trinajstić information content (AvgIpc) is 2.27. The molecule has 0 fully saturated rings. The normalized spacial score (nSPS) is 20.0. The number of alkyl halides is 2. The molecule has 0 amide bonds. The van der Waals surface area contributed by atoms with Crippen LogP contribution in [0.25, 0.3) is 0 Å². The zero-order valence-corrected chi connectivity index (χ0v) is 12.6. The molecule has 0 atom stereocenters. The first-order valence-electron chi connectivity index (χ1n) is 3.26. The molecule has 8 heteroatoms. The minimum Gasteiger partial charge on any atom is -0.0897 e. The van der Waals surface area contributed by atoms with Crippen molar-refractivity contribution in [2.24, 2.45) is 0 Å². The van der Waals surface area contributed by atoms with Crippen LogP contribution in [-0.2, 0) is 0 Å². The van der Waals surface area contributed by atoms with Gasteiger partial charge in [0.25, 0.3) is 0 Å². The van der Waals surface area contributed by atoms with Gasteiger partial charge in [-0.25, -0.2) is 0 Å². The molecule has 15 heavy (non-hydrogen) atoms. The van der Waals surface area contributed by atoms with Crippen molar-refractivity contribution in [3.8, 4) is 0 Å². The fraction of sp³-hybridized carbons (Fsp3) is 0.143. The topological polar surface area (TPSA) is 0 Å². The van der Waals surface area contributed by atoms with Crippen molar-refractivity contribution in [1.82, 2.24) is 0 Å². The molecular weight excluding hydrogens is 368 g/mol. The molecule has 0 unspecified atom stereocenters. The number of hydrogen-bond acceptors (Lipinski definition) is 0. The standard InChI is InChI=1S/C7Cl8/c8-2-1(3(9)6(12)13)7(14,15)5(11)4(2)10. The number of hydrogen-bond donors (Lipinski definition) is 0. The summed E-state index contributed by atoms with van der Waals surface area (Å²) in [5.74, 6) is 0. The highest BCUT2D eigenvalue weighted by Gasteiger charge is 2.45. The summed E-state index contributed by atoms with van der Waals surface area (Å²) < 4.78 is -1.87. The summed E-state index contributed by atoms with van der Waals surface area (Å²) in [7, 11) is 0. The highest BCUT2D eigenvalue weighted by Crippen LogP contribution is 2.56. The SMILES string of the molecule is ClC(Cl)=C(Cl)C1=C(Cl)C(Cl)=C(Cl)C1(Cl)Cl. The van der Waals surface area contributed by atoms with E-state index in [2.05, 4.69) is 0 Å². The first-order valence-corrected chi connectivity index (χ1v) is 6.29. The van der Waals surface area contributed by atoms with E-state index in [1.54, 1.807) is 0 Å². The van der Waals surface area contributed by atoms with Crippen molar-refractivity contribution < 1.29 is 0 Å². The first-order chi connectivity index (χ1) is 6.71. The van der Waals surface area contributed by atoms with E-state index < -0.39 is 4.33 Å². The molecule has 0 N–H and O–H groups in total. The molecule has 0 saturated heterocycles. The Morgan fingerprint density at radius 3 is 1.60 bits per heavy atom.